The van der Waals surface area contributed by atoms with Crippen LogP contribution in [0.2, 0.25) is 0 Å². The van der Waals surface area contributed by atoms with Crippen LogP contribution in [0.15, 0.2) is 15.9 Å². The Balaban J connectivity index is 2.24. The number of thiophene rings is 1. The Morgan fingerprint density at radius 3 is 3.00 bits per heavy atom. The van der Waals surface area contributed by atoms with E-state index in [0.717, 1.165) is 23.7 Å². The van der Waals surface area contributed by atoms with E-state index in [-0.39, 0.29) is 0 Å². The van der Waals surface area contributed by atoms with Gasteiger partial charge in [-0.05, 0) is 34.8 Å². The average Bonchev–Trinajstić information content (AvgIpc) is 2.51. The van der Waals surface area contributed by atoms with Gasteiger partial charge in [0.05, 0.1) is 7.11 Å². The van der Waals surface area contributed by atoms with Gasteiger partial charge in [-0.2, -0.15) is 0 Å². The summed E-state index contributed by atoms with van der Waals surface area (Å²) < 4.78 is 5.92. The maximum atomic E-state index is 7.28. The van der Waals surface area contributed by atoms with Gasteiger partial charge in [-0.1, -0.05) is 0 Å². The minimum atomic E-state index is 0.371. The highest BCUT2D eigenvalue weighted by Crippen LogP contribution is 2.21. The summed E-state index contributed by atoms with van der Waals surface area (Å²) in [5, 5.41) is 9.36. The lowest BCUT2D eigenvalue weighted by atomic mass is 10.2. The van der Waals surface area contributed by atoms with E-state index < -0.39 is 0 Å². The van der Waals surface area contributed by atoms with Crippen LogP contribution in [0.25, 0.3) is 0 Å². The highest BCUT2D eigenvalue weighted by molar-refractivity contribution is 9.10. The molecule has 0 amide bonds. The first kappa shape index (κ1) is 10.7. The van der Waals surface area contributed by atoms with Crippen LogP contribution in [-0.2, 0) is 11.2 Å². The van der Waals surface area contributed by atoms with Gasteiger partial charge in [0, 0.05) is 21.2 Å². The second-order valence-electron chi connectivity index (χ2n) is 2.71. The molecule has 0 saturated heterocycles. The summed E-state index contributed by atoms with van der Waals surface area (Å²) in [6.45, 7) is 0. The summed E-state index contributed by atoms with van der Waals surface area (Å²) in [6, 6.07) is 2.13. The predicted octanol–water partition coefficient (Wildman–Crippen LogP) is 3.46. The lowest BCUT2D eigenvalue weighted by molar-refractivity contribution is 0.384. The summed E-state index contributed by atoms with van der Waals surface area (Å²) in [4.78, 5) is 1.36. The molecule has 4 heteroatoms. The minimum absolute atomic E-state index is 0.371. The van der Waals surface area contributed by atoms with Crippen molar-refractivity contribution in [3.8, 4) is 0 Å². The second-order valence-corrected chi connectivity index (χ2v) is 4.62. The molecule has 0 aliphatic carbocycles. The summed E-state index contributed by atoms with van der Waals surface area (Å²) in [5.74, 6) is 0.371. The molecule has 0 aliphatic heterocycles. The summed E-state index contributed by atoms with van der Waals surface area (Å²) in [5.41, 5.74) is 0. The Labute approximate surface area is 90.6 Å². The van der Waals surface area contributed by atoms with Crippen molar-refractivity contribution in [2.75, 3.05) is 7.11 Å². The number of rotatable bonds is 4. The zero-order valence-corrected chi connectivity index (χ0v) is 9.87. The van der Waals surface area contributed by atoms with Crippen LogP contribution in [0.1, 0.15) is 17.7 Å². The number of nitrogens with one attached hydrogen (secondary N) is 1. The van der Waals surface area contributed by atoms with Crippen LogP contribution in [0.3, 0.4) is 0 Å². The molecule has 2 nitrogen and oxygen atoms in total. The van der Waals surface area contributed by atoms with Crippen molar-refractivity contribution in [3.63, 3.8) is 0 Å². The maximum Gasteiger partial charge on any atom is 0.180 e. The molecule has 0 bridgehead atoms. The predicted molar refractivity (Wildman–Crippen MR) is 59.7 cm³/mol. The Kier molecular flexibility index (Phi) is 4.45. The van der Waals surface area contributed by atoms with Gasteiger partial charge in [-0.25, -0.2) is 0 Å². The molecule has 13 heavy (non-hydrogen) atoms. The SMILES string of the molecule is COC(=N)CCCc1cc(Br)cs1. The number of halogens is 1. The molecule has 0 fully saturated rings. The highest BCUT2D eigenvalue weighted by Gasteiger charge is 1.99. The van der Waals surface area contributed by atoms with Gasteiger partial charge < -0.3 is 4.74 Å². The van der Waals surface area contributed by atoms with Gasteiger partial charge in [-0.3, -0.25) is 5.41 Å². The van der Waals surface area contributed by atoms with Gasteiger partial charge in [0.2, 0.25) is 0 Å². The zero-order chi connectivity index (χ0) is 9.68. The number of hydrogen-bond donors (Lipinski definition) is 1. The van der Waals surface area contributed by atoms with Crippen molar-refractivity contribution in [1.29, 1.82) is 5.41 Å². The van der Waals surface area contributed by atoms with Crippen molar-refractivity contribution in [2.24, 2.45) is 0 Å². The van der Waals surface area contributed by atoms with Crippen molar-refractivity contribution in [3.05, 3.63) is 20.8 Å². The fraction of sp³-hybridized carbons (Fsp3) is 0.444. The Morgan fingerprint density at radius 2 is 2.46 bits per heavy atom. The smallest absolute Gasteiger partial charge is 0.180 e. The summed E-state index contributed by atoms with van der Waals surface area (Å²) in [6.07, 6.45) is 2.74. The normalized spacial score (nSPS) is 10.0. The fourth-order valence-electron chi connectivity index (χ4n) is 1.01. The molecular weight excluding hydrogens is 250 g/mol. The number of hydrogen-bond acceptors (Lipinski definition) is 3. The van der Waals surface area contributed by atoms with E-state index in [9.17, 15) is 0 Å². The van der Waals surface area contributed by atoms with Gasteiger partial charge in [0.1, 0.15) is 0 Å². The second kappa shape index (κ2) is 5.40. The van der Waals surface area contributed by atoms with Crippen molar-refractivity contribution >= 4 is 33.2 Å². The molecule has 1 heterocycles. The quantitative estimate of drug-likeness (QED) is 0.654. The zero-order valence-electron chi connectivity index (χ0n) is 7.47. The van der Waals surface area contributed by atoms with Crippen molar-refractivity contribution in [2.45, 2.75) is 19.3 Å². The lowest BCUT2D eigenvalue weighted by Gasteiger charge is -2.00. The molecule has 0 saturated carbocycles. The topological polar surface area (TPSA) is 33.1 Å². The largest absolute Gasteiger partial charge is 0.484 e. The van der Waals surface area contributed by atoms with Crippen LogP contribution in [0, 0.1) is 5.41 Å². The number of methoxy groups -OCH3 is 1. The van der Waals surface area contributed by atoms with E-state index in [1.165, 1.54) is 4.88 Å². The van der Waals surface area contributed by atoms with E-state index in [2.05, 4.69) is 27.4 Å². The third kappa shape index (κ3) is 3.91. The van der Waals surface area contributed by atoms with Crippen molar-refractivity contribution in [1.82, 2.24) is 0 Å². The van der Waals surface area contributed by atoms with E-state index in [1.807, 2.05) is 0 Å². The monoisotopic (exact) mass is 261 g/mol. The molecule has 1 aromatic heterocycles. The average molecular weight is 262 g/mol. The van der Waals surface area contributed by atoms with E-state index in [4.69, 9.17) is 10.1 Å². The minimum Gasteiger partial charge on any atom is -0.484 e. The highest BCUT2D eigenvalue weighted by atomic mass is 79.9. The summed E-state index contributed by atoms with van der Waals surface area (Å²) in [7, 11) is 1.55. The molecule has 1 aromatic rings. The molecule has 72 valence electrons. The molecule has 0 aromatic carbocycles. The lowest BCUT2D eigenvalue weighted by Crippen LogP contribution is -1.98. The van der Waals surface area contributed by atoms with Crippen LogP contribution >= 0.6 is 27.3 Å². The number of ether oxygens (including phenoxy) is 1. The molecule has 1 N–H and O–H groups in total. The van der Waals surface area contributed by atoms with Gasteiger partial charge in [0.15, 0.2) is 5.90 Å². The third-order valence-electron chi connectivity index (χ3n) is 1.70. The van der Waals surface area contributed by atoms with Gasteiger partial charge in [0.25, 0.3) is 0 Å². The molecule has 0 atom stereocenters. The fourth-order valence-corrected chi connectivity index (χ4v) is 2.51. The van der Waals surface area contributed by atoms with Crippen LogP contribution in [0.4, 0.5) is 0 Å². The van der Waals surface area contributed by atoms with Gasteiger partial charge >= 0.3 is 0 Å². The van der Waals surface area contributed by atoms with Crippen molar-refractivity contribution < 1.29 is 4.74 Å². The maximum absolute atomic E-state index is 7.28. The van der Waals surface area contributed by atoms with Crippen LogP contribution in [0.5, 0.6) is 0 Å². The number of aryl methyl sites for hydroxylation is 1. The Bertz CT molecular complexity index is 285. The van der Waals surface area contributed by atoms with Gasteiger partial charge in [-0.15, -0.1) is 11.3 Å². The van der Waals surface area contributed by atoms with Crippen LogP contribution < -0.4 is 0 Å². The molecule has 1 rings (SSSR count). The molecule has 0 aliphatic rings. The molecule has 0 unspecified atom stereocenters. The third-order valence-corrected chi connectivity index (χ3v) is 3.45. The Morgan fingerprint density at radius 1 is 1.69 bits per heavy atom. The Hall–Kier alpha value is -0.350. The first-order chi connectivity index (χ1) is 6.22. The summed E-state index contributed by atoms with van der Waals surface area (Å²) >= 11 is 5.16. The van der Waals surface area contributed by atoms with E-state index in [1.54, 1.807) is 18.4 Å². The van der Waals surface area contributed by atoms with Crippen LogP contribution in [-0.4, -0.2) is 13.0 Å². The van der Waals surface area contributed by atoms with E-state index >= 15 is 0 Å². The first-order valence-electron chi connectivity index (χ1n) is 4.06. The first-order valence-corrected chi connectivity index (χ1v) is 5.74. The molecule has 0 spiro atoms. The van der Waals surface area contributed by atoms with E-state index in [0.29, 0.717) is 5.90 Å². The molecule has 0 radical (unpaired) electrons. The standard InChI is InChI=1S/C9H12BrNOS/c1-12-9(11)4-2-3-8-5-7(10)6-13-8/h5-6,11H,2-4H2,1H3. The molecular formula is C9H12BrNOS.